The lowest BCUT2D eigenvalue weighted by Crippen LogP contribution is -2.31. The molecule has 0 aliphatic heterocycles. The van der Waals surface area contributed by atoms with Crippen molar-refractivity contribution < 1.29 is 9.53 Å². The second-order valence-corrected chi connectivity index (χ2v) is 3.87. The van der Waals surface area contributed by atoms with Crippen LogP contribution in [0.1, 0.15) is 13.8 Å². The van der Waals surface area contributed by atoms with Crippen LogP contribution >= 0.6 is 0 Å². The van der Waals surface area contributed by atoms with Gasteiger partial charge in [0.05, 0.1) is 6.54 Å². The van der Waals surface area contributed by atoms with Crippen molar-refractivity contribution in [2.45, 2.75) is 13.8 Å². The average molecular weight is 222 g/mol. The summed E-state index contributed by atoms with van der Waals surface area (Å²) in [4.78, 5) is 11.2. The Balaban J connectivity index is 2.23. The number of carbonyl (C=O) groups is 1. The molecule has 1 rings (SSSR count). The van der Waals surface area contributed by atoms with Gasteiger partial charge < -0.3 is 15.8 Å². The van der Waals surface area contributed by atoms with Gasteiger partial charge in [-0.2, -0.15) is 0 Å². The number of benzene rings is 1. The van der Waals surface area contributed by atoms with Crippen molar-refractivity contribution in [1.82, 2.24) is 5.32 Å². The van der Waals surface area contributed by atoms with E-state index in [1.54, 1.807) is 12.1 Å². The van der Waals surface area contributed by atoms with Gasteiger partial charge in [0.15, 0.2) is 0 Å². The molecule has 0 aromatic heterocycles. The first-order chi connectivity index (χ1) is 7.59. The summed E-state index contributed by atoms with van der Waals surface area (Å²) in [6, 6.07) is 7.22. The smallest absolute Gasteiger partial charge is 0.222 e. The van der Waals surface area contributed by atoms with Gasteiger partial charge in [0.25, 0.3) is 0 Å². The van der Waals surface area contributed by atoms with Gasteiger partial charge in [-0.25, -0.2) is 0 Å². The van der Waals surface area contributed by atoms with Crippen LogP contribution in [0.3, 0.4) is 0 Å². The third-order valence-electron chi connectivity index (χ3n) is 2.05. The number of anilines is 1. The van der Waals surface area contributed by atoms with E-state index >= 15 is 0 Å². The summed E-state index contributed by atoms with van der Waals surface area (Å²) in [6.45, 7) is 4.66. The molecule has 1 aromatic carbocycles. The largest absolute Gasteiger partial charge is 0.492 e. The normalized spacial score (nSPS) is 10.2. The minimum atomic E-state index is 0.00682. The lowest BCUT2D eigenvalue weighted by atomic mass is 10.2. The van der Waals surface area contributed by atoms with Crippen LogP contribution < -0.4 is 15.8 Å². The van der Waals surface area contributed by atoms with E-state index in [1.165, 1.54) is 0 Å². The average Bonchev–Trinajstić information content (AvgIpc) is 2.24. The van der Waals surface area contributed by atoms with E-state index in [2.05, 4.69) is 5.32 Å². The van der Waals surface area contributed by atoms with Gasteiger partial charge in [0, 0.05) is 17.7 Å². The monoisotopic (exact) mass is 222 g/mol. The van der Waals surface area contributed by atoms with Gasteiger partial charge >= 0.3 is 0 Å². The van der Waals surface area contributed by atoms with Crippen molar-refractivity contribution in [3.63, 3.8) is 0 Å². The highest BCUT2D eigenvalue weighted by atomic mass is 16.5. The van der Waals surface area contributed by atoms with E-state index in [1.807, 2.05) is 26.0 Å². The third kappa shape index (κ3) is 4.21. The fourth-order valence-corrected chi connectivity index (χ4v) is 1.15. The zero-order valence-electron chi connectivity index (χ0n) is 9.69. The van der Waals surface area contributed by atoms with Crippen LogP contribution in [0.4, 0.5) is 5.69 Å². The summed E-state index contributed by atoms with van der Waals surface area (Å²) in [5, 5.41) is 2.77. The van der Waals surface area contributed by atoms with Crippen LogP contribution in [0.15, 0.2) is 24.3 Å². The van der Waals surface area contributed by atoms with E-state index in [0.29, 0.717) is 18.8 Å². The second-order valence-electron chi connectivity index (χ2n) is 3.87. The van der Waals surface area contributed by atoms with Crippen molar-refractivity contribution in [3.8, 4) is 5.75 Å². The minimum Gasteiger partial charge on any atom is -0.492 e. The van der Waals surface area contributed by atoms with E-state index < -0.39 is 0 Å². The van der Waals surface area contributed by atoms with Crippen LogP contribution in [-0.4, -0.2) is 19.1 Å². The second kappa shape index (κ2) is 6.00. The number of nitrogens with two attached hydrogens (primary N) is 1. The summed E-state index contributed by atoms with van der Waals surface area (Å²) in [7, 11) is 0. The summed E-state index contributed by atoms with van der Waals surface area (Å²) in [6.07, 6.45) is 0. The predicted octanol–water partition coefficient (Wildman–Crippen LogP) is 1.42. The molecule has 0 bridgehead atoms. The van der Waals surface area contributed by atoms with Crippen molar-refractivity contribution in [1.29, 1.82) is 0 Å². The number of nitrogen functional groups attached to an aromatic ring is 1. The van der Waals surface area contributed by atoms with Crippen LogP contribution in [0.25, 0.3) is 0 Å². The van der Waals surface area contributed by atoms with Gasteiger partial charge in [0.1, 0.15) is 12.4 Å². The number of amides is 1. The summed E-state index contributed by atoms with van der Waals surface area (Å²) >= 11 is 0. The molecule has 1 amide bonds. The molecule has 0 spiro atoms. The molecule has 4 heteroatoms. The molecular weight excluding hydrogens is 204 g/mol. The Morgan fingerprint density at radius 1 is 1.50 bits per heavy atom. The fourth-order valence-electron chi connectivity index (χ4n) is 1.15. The molecule has 16 heavy (non-hydrogen) atoms. The Bertz CT molecular complexity index is 351. The first-order valence-electron chi connectivity index (χ1n) is 5.35. The Labute approximate surface area is 95.8 Å². The van der Waals surface area contributed by atoms with Gasteiger partial charge in [-0.15, -0.1) is 0 Å². The van der Waals surface area contributed by atoms with Gasteiger partial charge in [-0.05, 0) is 12.1 Å². The highest BCUT2D eigenvalue weighted by Gasteiger charge is 2.04. The van der Waals surface area contributed by atoms with E-state index in [0.717, 1.165) is 5.75 Å². The fraction of sp³-hybridized carbons (Fsp3) is 0.417. The zero-order valence-corrected chi connectivity index (χ0v) is 9.69. The molecule has 0 atom stereocenters. The Kier molecular flexibility index (Phi) is 4.64. The number of hydrogen-bond acceptors (Lipinski definition) is 3. The summed E-state index contributed by atoms with van der Waals surface area (Å²) in [5.41, 5.74) is 6.27. The number of hydrogen-bond donors (Lipinski definition) is 2. The van der Waals surface area contributed by atoms with Gasteiger partial charge in [-0.3, -0.25) is 4.79 Å². The predicted molar refractivity (Wildman–Crippen MR) is 64.2 cm³/mol. The van der Waals surface area contributed by atoms with Crippen LogP contribution in [0.5, 0.6) is 5.75 Å². The van der Waals surface area contributed by atoms with Gasteiger partial charge in [-0.1, -0.05) is 19.9 Å². The van der Waals surface area contributed by atoms with E-state index in [9.17, 15) is 4.79 Å². The van der Waals surface area contributed by atoms with Crippen LogP contribution in [0.2, 0.25) is 0 Å². The number of carbonyl (C=O) groups excluding carboxylic acids is 1. The molecule has 4 nitrogen and oxygen atoms in total. The Hall–Kier alpha value is -1.71. The molecule has 1 aromatic rings. The Morgan fingerprint density at radius 2 is 2.25 bits per heavy atom. The highest BCUT2D eigenvalue weighted by molar-refractivity contribution is 5.77. The number of ether oxygens (including phenoxy) is 1. The maximum atomic E-state index is 11.2. The molecule has 0 heterocycles. The first-order valence-corrected chi connectivity index (χ1v) is 5.35. The summed E-state index contributed by atoms with van der Waals surface area (Å²) < 4.78 is 5.42. The Morgan fingerprint density at radius 3 is 2.88 bits per heavy atom. The molecule has 0 fully saturated rings. The third-order valence-corrected chi connectivity index (χ3v) is 2.05. The molecule has 0 aliphatic carbocycles. The van der Waals surface area contributed by atoms with Crippen LogP contribution in [-0.2, 0) is 4.79 Å². The van der Waals surface area contributed by atoms with Crippen molar-refractivity contribution in [3.05, 3.63) is 24.3 Å². The lowest BCUT2D eigenvalue weighted by Gasteiger charge is -2.09. The molecule has 0 saturated carbocycles. The van der Waals surface area contributed by atoms with Gasteiger partial charge in [0.2, 0.25) is 5.91 Å². The van der Waals surface area contributed by atoms with Crippen molar-refractivity contribution in [2.24, 2.45) is 5.92 Å². The zero-order chi connectivity index (χ0) is 12.0. The molecule has 0 aliphatic rings. The maximum absolute atomic E-state index is 11.2. The maximum Gasteiger partial charge on any atom is 0.222 e. The molecule has 3 N–H and O–H groups in total. The lowest BCUT2D eigenvalue weighted by molar-refractivity contribution is -0.124. The minimum absolute atomic E-state index is 0.00682. The quantitative estimate of drug-likeness (QED) is 0.585. The topological polar surface area (TPSA) is 64.3 Å². The molecule has 88 valence electrons. The molecule has 0 radical (unpaired) electrons. The van der Waals surface area contributed by atoms with Crippen LogP contribution in [0, 0.1) is 5.92 Å². The summed E-state index contributed by atoms with van der Waals surface area (Å²) in [5.74, 6) is 0.766. The number of nitrogens with one attached hydrogen (secondary N) is 1. The van der Waals surface area contributed by atoms with Crippen molar-refractivity contribution in [2.75, 3.05) is 18.9 Å². The van der Waals surface area contributed by atoms with E-state index in [-0.39, 0.29) is 11.8 Å². The first kappa shape index (κ1) is 12.4. The van der Waals surface area contributed by atoms with Crippen molar-refractivity contribution >= 4 is 11.6 Å². The highest BCUT2D eigenvalue weighted by Crippen LogP contribution is 2.13. The number of rotatable bonds is 5. The standard InChI is InChI=1S/C12H18N2O2/c1-9(2)12(15)14-6-7-16-11-5-3-4-10(13)8-11/h3-5,8-9H,6-7,13H2,1-2H3,(H,14,15). The SMILES string of the molecule is CC(C)C(=O)NCCOc1cccc(N)c1. The van der Waals surface area contributed by atoms with E-state index in [4.69, 9.17) is 10.5 Å². The molecular formula is C12H18N2O2. The molecule has 0 unspecified atom stereocenters. The molecule has 0 saturated heterocycles.